The van der Waals surface area contributed by atoms with Gasteiger partial charge in [-0.3, -0.25) is 4.55 Å². The van der Waals surface area contributed by atoms with Gasteiger partial charge in [0.15, 0.2) is 5.25 Å². The van der Waals surface area contributed by atoms with Crippen molar-refractivity contribution in [2.24, 2.45) is 5.16 Å². The Morgan fingerprint density at radius 2 is 1.74 bits per heavy atom. The molecular weight excluding hydrogens is 322 g/mol. The van der Waals surface area contributed by atoms with Crippen LogP contribution in [0.25, 0.3) is 0 Å². The van der Waals surface area contributed by atoms with Gasteiger partial charge in [-0.2, -0.15) is 8.42 Å². The molecule has 1 heterocycles. The van der Waals surface area contributed by atoms with Crippen LogP contribution in [0.5, 0.6) is 11.5 Å². The third kappa shape index (κ3) is 2.66. The van der Waals surface area contributed by atoms with Crippen LogP contribution < -0.4 is 4.74 Å². The molecule has 1 aliphatic rings. The number of fused-ring (bicyclic) bond motifs is 1. The number of oxime groups is 1. The summed E-state index contributed by atoms with van der Waals surface area (Å²) in [7, 11) is -3.23. The first-order valence-electron chi connectivity index (χ1n) is 7.03. The average Bonchev–Trinajstić information content (AvgIpc) is 2.40. The molecule has 7 nitrogen and oxygen atoms in total. The molecule has 2 N–H and O–H groups in total. The highest BCUT2D eigenvalue weighted by Crippen LogP contribution is 2.44. The normalized spacial score (nSPS) is 21.7. The molecule has 0 bridgehead atoms. The van der Waals surface area contributed by atoms with Crippen LogP contribution in [0.3, 0.4) is 0 Å². The van der Waals surface area contributed by atoms with Crippen molar-refractivity contribution in [1.29, 1.82) is 0 Å². The van der Waals surface area contributed by atoms with E-state index in [2.05, 4.69) is 5.16 Å². The lowest BCUT2D eigenvalue weighted by Crippen LogP contribution is -2.55. The molecule has 0 spiro atoms. The van der Waals surface area contributed by atoms with Crippen LogP contribution in [-0.2, 0) is 15.0 Å². The van der Waals surface area contributed by atoms with Gasteiger partial charge in [-0.05, 0) is 45.7 Å². The maximum Gasteiger partial charge on any atom is 0.277 e. The van der Waals surface area contributed by atoms with Crippen LogP contribution in [0.2, 0.25) is 0 Å². The van der Waals surface area contributed by atoms with Crippen molar-refractivity contribution >= 4 is 15.8 Å². The van der Waals surface area contributed by atoms with Crippen LogP contribution in [0.1, 0.15) is 36.1 Å². The molecule has 8 heteroatoms. The minimum Gasteiger partial charge on any atom is -0.507 e. The standard InChI is InChI=1S/C15H21NO6S/c1-7-8(2)13-10(9(3)12(7)17)11(16-21-6)14(23(18,19)20)15(4,5)22-13/h14,17H,1-6H3,(H,18,19,20). The van der Waals surface area contributed by atoms with Gasteiger partial charge in [0.25, 0.3) is 10.1 Å². The van der Waals surface area contributed by atoms with Gasteiger partial charge in [-0.25, -0.2) is 0 Å². The smallest absolute Gasteiger partial charge is 0.277 e. The number of phenolic OH excluding ortho intramolecular Hbond substituents is 1. The zero-order chi connectivity index (χ0) is 17.7. The van der Waals surface area contributed by atoms with Crippen LogP contribution >= 0.6 is 0 Å². The van der Waals surface area contributed by atoms with E-state index in [9.17, 15) is 18.1 Å². The Morgan fingerprint density at radius 3 is 2.22 bits per heavy atom. The van der Waals surface area contributed by atoms with Gasteiger partial charge in [0.05, 0.1) is 0 Å². The highest BCUT2D eigenvalue weighted by molar-refractivity contribution is 7.87. The summed E-state index contributed by atoms with van der Waals surface area (Å²) in [6, 6.07) is 0. The zero-order valence-corrected chi connectivity index (χ0v) is 14.8. The first-order valence-corrected chi connectivity index (χ1v) is 8.53. The van der Waals surface area contributed by atoms with Crippen molar-refractivity contribution in [2.75, 3.05) is 7.11 Å². The largest absolute Gasteiger partial charge is 0.507 e. The molecule has 0 radical (unpaired) electrons. The van der Waals surface area contributed by atoms with E-state index < -0.39 is 21.0 Å². The summed E-state index contributed by atoms with van der Waals surface area (Å²) in [4.78, 5) is 4.80. The number of phenols is 1. The van der Waals surface area contributed by atoms with Gasteiger partial charge in [0.2, 0.25) is 0 Å². The highest BCUT2D eigenvalue weighted by Gasteiger charge is 2.51. The Kier molecular flexibility index (Phi) is 4.11. The van der Waals surface area contributed by atoms with Crippen molar-refractivity contribution < 1.29 is 27.7 Å². The number of aromatic hydroxyl groups is 1. The number of benzene rings is 1. The molecule has 0 amide bonds. The Labute approximate surface area is 135 Å². The maximum atomic E-state index is 11.9. The molecule has 128 valence electrons. The Balaban J connectivity index is 2.95. The summed E-state index contributed by atoms with van der Waals surface area (Å²) in [5.74, 6) is 0.459. The summed E-state index contributed by atoms with van der Waals surface area (Å²) in [6.07, 6.45) is 0. The third-order valence-electron chi connectivity index (χ3n) is 4.20. The topological polar surface area (TPSA) is 105 Å². The number of ether oxygens (including phenoxy) is 1. The fourth-order valence-electron chi connectivity index (χ4n) is 3.01. The van der Waals surface area contributed by atoms with E-state index in [-0.39, 0.29) is 11.5 Å². The predicted octanol–water partition coefficient (Wildman–Crippen LogP) is 2.10. The second-order valence-electron chi connectivity index (χ2n) is 6.19. The fourth-order valence-corrected chi connectivity index (χ4v) is 4.22. The summed E-state index contributed by atoms with van der Waals surface area (Å²) in [5.41, 5.74) is 0.806. The molecule has 1 aromatic carbocycles. The van der Waals surface area contributed by atoms with Crippen molar-refractivity contribution in [3.05, 3.63) is 22.3 Å². The monoisotopic (exact) mass is 343 g/mol. The van der Waals surface area contributed by atoms with E-state index in [1.165, 1.54) is 7.11 Å². The molecule has 0 aromatic heterocycles. The summed E-state index contributed by atoms with van der Waals surface area (Å²) in [6.45, 7) is 8.25. The second-order valence-corrected chi connectivity index (χ2v) is 7.69. The molecule has 1 atom stereocenters. The molecule has 0 fully saturated rings. The second kappa shape index (κ2) is 5.38. The van der Waals surface area contributed by atoms with Crippen molar-refractivity contribution in [1.82, 2.24) is 0 Å². The summed E-state index contributed by atoms with van der Waals surface area (Å²) < 4.78 is 39.4. The number of rotatable bonds is 2. The molecule has 1 aliphatic heterocycles. The van der Waals surface area contributed by atoms with Crippen LogP contribution in [-0.4, -0.2) is 41.7 Å². The van der Waals surface area contributed by atoms with E-state index >= 15 is 0 Å². The van der Waals surface area contributed by atoms with Crippen LogP contribution in [0.4, 0.5) is 0 Å². The highest BCUT2D eigenvalue weighted by atomic mass is 32.2. The van der Waals surface area contributed by atoms with Crippen LogP contribution in [0.15, 0.2) is 5.16 Å². The van der Waals surface area contributed by atoms with Gasteiger partial charge in [-0.15, -0.1) is 0 Å². The quantitative estimate of drug-likeness (QED) is 0.629. The minimum atomic E-state index is -4.52. The van der Waals surface area contributed by atoms with Gasteiger partial charge in [0.1, 0.15) is 29.9 Å². The molecule has 23 heavy (non-hydrogen) atoms. The lowest BCUT2D eigenvalue weighted by molar-refractivity contribution is 0.107. The lowest BCUT2D eigenvalue weighted by atomic mass is 9.86. The van der Waals surface area contributed by atoms with Gasteiger partial charge in [0, 0.05) is 11.1 Å². The average molecular weight is 343 g/mol. The Bertz CT molecular complexity index is 795. The van der Waals surface area contributed by atoms with Gasteiger partial charge in [-0.1, -0.05) is 5.16 Å². The maximum absolute atomic E-state index is 11.9. The van der Waals surface area contributed by atoms with E-state index in [1.54, 1.807) is 34.6 Å². The van der Waals surface area contributed by atoms with Crippen molar-refractivity contribution in [3.63, 3.8) is 0 Å². The number of hydrogen-bond acceptors (Lipinski definition) is 6. The SMILES string of the molecule is CON=C1c2c(C)c(O)c(C)c(C)c2OC(C)(C)C1S(=O)(=O)O. The molecule has 0 saturated heterocycles. The van der Waals surface area contributed by atoms with Gasteiger partial charge >= 0.3 is 0 Å². The minimum absolute atomic E-state index is 0.0113. The zero-order valence-electron chi connectivity index (χ0n) is 14.0. The first-order chi connectivity index (χ1) is 10.4. The molecule has 0 saturated carbocycles. The van der Waals surface area contributed by atoms with Crippen molar-refractivity contribution in [3.8, 4) is 11.5 Å². The summed E-state index contributed by atoms with van der Waals surface area (Å²) in [5, 5.41) is 12.7. The van der Waals surface area contributed by atoms with Crippen LogP contribution in [0, 0.1) is 20.8 Å². The first kappa shape index (κ1) is 17.6. The summed E-state index contributed by atoms with van der Waals surface area (Å²) >= 11 is 0. The van der Waals surface area contributed by atoms with E-state index in [0.717, 1.165) is 0 Å². The lowest BCUT2D eigenvalue weighted by Gasteiger charge is -2.40. The Morgan fingerprint density at radius 1 is 1.17 bits per heavy atom. The molecule has 1 aromatic rings. The number of hydrogen-bond donors (Lipinski definition) is 2. The third-order valence-corrected chi connectivity index (χ3v) is 5.59. The molecular formula is C15H21NO6S. The molecule has 2 rings (SSSR count). The van der Waals surface area contributed by atoms with Gasteiger partial charge < -0.3 is 14.7 Å². The number of nitrogens with zero attached hydrogens (tertiary/aromatic N) is 1. The molecule has 1 unspecified atom stereocenters. The fraction of sp³-hybridized carbons (Fsp3) is 0.533. The van der Waals surface area contributed by atoms with Crippen molar-refractivity contribution in [2.45, 2.75) is 45.5 Å². The molecule has 0 aliphatic carbocycles. The Hall–Kier alpha value is -1.80. The van der Waals surface area contributed by atoms with E-state index in [1.807, 2.05) is 0 Å². The predicted molar refractivity (Wildman–Crippen MR) is 85.9 cm³/mol. The van der Waals surface area contributed by atoms with E-state index in [4.69, 9.17) is 9.57 Å². The van der Waals surface area contributed by atoms with E-state index in [0.29, 0.717) is 28.0 Å².